The van der Waals surface area contributed by atoms with Crippen molar-refractivity contribution in [2.24, 2.45) is 0 Å². The number of aromatic nitrogens is 1. The van der Waals surface area contributed by atoms with Gasteiger partial charge >= 0.3 is 0 Å². The molecule has 1 aromatic carbocycles. The van der Waals surface area contributed by atoms with Crippen molar-refractivity contribution in [3.8, 4) is 11.3 Å². The van der Waals surface area contributed by atoms with Gasteiger partial charge in [0.25, 0.3) is 6.01 Å². The molecule has 2 N–H and O–H groups in total. The van der Waals surface area contributed by atoms with Crippen LogP contribution in [0, 0.1) is 11.6 Å². The molecule has 0 atom stereocenters. The highest BCUT2D eigenvalue weighted by atomic mass is 19.1. The van der Waals surface area contributed by atoms with Crippen LogP contribution in [0.1, 0.15) is 12.6 Å². The molecule has 0 saturated heterocycles. The Morgan fingerprint density at radius 3 is 2.81 bits per heavy atom. The van der Waals surface area contributed by atoms with Gasteiger partial charge in [0.1, 0.15) is 11.6 Å². The Balaban J connectivity index is 2.61. The van der Waals surface area contributed by atoms with Crippen LogP contribution in [0.15, 0.2) is 22.6 Å². The van der Waals surface area contributed by atoms with Crippen LogP contribution in [0.3, 0.4) is 0 Å². The molecule has 1 heterocycles. The van der Waals surface area contributed by atoms with Crippen molar-refractivity contribution in [3.63, 3.8) is 0 Å². The normalized spacial score (nSPS) is 10.7. The highest BCUT2D eigenvalue weighted by molar-refractivity contribution is 5.61. The first-order valence-corrected chi connectivity index (χ1v) is 4.82. The minimum absolute atomic E-state index is 0.0426. The summed E-state index contributed by atoms with van der Waals surface area (Å²) in [7, 11) is 0. The summed E-state index contributed by atoms with van der Waals surface area (Å²) in [5.41, 5.74) is 5.94. The number of nitrogen functional groups attached to an aromatic ring is 1. The Morgan fingerprint density at radius 1 is 1.38 bits per heavy atom. The second kappa shape index (κ2) is 3.92. The molecule has 0 spiro atoms. The van der Waals surface area contributed by atoms with Gasteiger partial charge in [0.15, 0.2) is 5.76 Å². The summed E-state index contributed by atoms with van der Waals surface area (Å²) in [5.74, 6) is -0.905. The van der Waals surface area contributed by atoms with Crippen LogP contribution in [0.5, 0.6) is 0 Å². The number of hydrogen-bond donors (Lipinski definition) is 1. The molecule has 0 amide bonds. The summed E-state index contributed by atoms with van der Waals surface area (Å²) in [6.07, 6.45) is 0.534. The highest BCUT2D eigenvalue weighted by Crippen LogP contribution is 2.29. The topological polar surface area (TPSA) is 52.0 Å². The molecule has 2 rings (SSSR count). The van der Waals surface area contributed by atoms with E-state index in [2.05, 4.69) is 4.98 Å². The van der Waals surface area contributed by atoms with Crippen LogP contribution in [-0.2, 0) is 6.42 Å². The second-order valence-electron chi connectivity index (χ2n) is 3.31. The summed E-state index contributed by atoms with van der Waals surface area (Å²) < 4.78 is 31.6. The smallest absolute Gasteiger partial charge is 0.292 e. The zero-order valence-corrected chi connectivity index (χ0v) is 8.63. The van der Waals surface area contributed by atoms with E-state index in [4.69, 9.17) is 10.2 Å². The Kier molecular flexibility index (Phi) is 2.60. The molecule has 1 aromatic heterocycles. The third kappa shape index (κ3) is 1.76. The molecular weight excluding hydrogens is 214 g/mol. The van der Waals surface area contributed by atoms with Crippen molar-refractivity contribution in [3.05, 3.63) is 35.5 Å². The lowest BCUT2D eigenvalue weighted by molar-refractivity contribution is 0.570. The van der Waals surface area contributed by atoms with Crippen LogP contribution >= 0.6 is 0 Å². The third-order valence-electron chi connectivity index (χ3n) is 2.22. The number of nitrogens with zero attached hydrogens (tertiary/aromatic N) is 1. The number of nitrogens with two attached hydrogens (primary N) is 1. The second-order valence-corrected chi connectivity index (χ2v) is 3.31. The van der Waals surface area contributed by atoms with E-state index < -0.39 is 11.6 Å². The van der Waals surface area contributed by atoms with E-state index >= 15 is 0 Å². The molecule has 0 aliphatic rings. The Labute approximate surface area is 90.9 Å². The van der Waals surface area contributed by atoms with Gasteiger partial charge in [-0.05, 0) is 24.6 Å². The Hall–Kier alpha value is -1.91. The third-order valence-corrected chi connectivity index (χ3v) is 2.22. The molecule has 0 bridgehead atoms. The molecular formula is C11H10F2N2O. The van der Waals surface area contributed by atoms with E-state index in [0.717, 1.165) is 18.2 Å². The van der Waals surface area contributed by atoms with Crippen LogP contribution in [0.2, 0.25) is 0 Å². The van der Waals surface area contributed by atoms with Gasteiger partial charge in [0.05, 0.1) is 11.3 Å². The minimum Gasteiger partial charge on any atom is -0.423 e. The fraction of sp³-hybridized carbons (Fsp3) is 0.182. The summed E-state index contributed by atoms with van der Waals surface area (Å²) >= 11 is 0. The largest absolute Gasteiger partial charge is 0.423 e. The fourth-order valence-electron chi connectivity index (χ4n) is 1.49. The van der Waals surface area contributed by atoms with Gasteiger partial charge in [0.2, 0.25) is 0 Å². The zero-order valence-electron chi connectivity index (χ0n) is 8.63. The average molecular weight is 224 g/mol. The van der Waals surface area contributed by atoms with E-state index in [9.17, 15) is 8.78 Å². The van der Waals surface area contributed by atoms with Crippen molar-refractivity contribution in [1.82, 2.24) is 4.98 Å². The number of oxazole rings is 1. The van der Waals surface area contributed by atoms with E-state index in [1.165, 1.54) is 0 Å². The Morgan fingerprint density at radius 2 is 2.12 bits per heavy atom. The van der Waals surface area contributed by atoms with Crippen molar-refractivity contribution < 1.29 is 13.2 Å². The molecule has 0 radical (unpaired) electrons. The predicted molar refractivity (Wildman–Crippen MR) is 55.6 cm³/mol. The van der Waals surface area contributed by atoms with Crippen LogP contribution in [0.4, 0.5) is 14.8 Å². The first kappa shape index (κ1) is 10.6. The first-order chi connectivity index (χ1) is 7.61. The summed E-state index contributed by atoms with van der Waals surface area (Å²) in [6, 6.07) is 3.11. The maximum Gasteiger partial charge on any atom is 0.292 e. The molecule has 0 fully saturated rings. The van der Waals surface area contributed by atoms with Crippen molar-refractivity contribution in [2.45, 2.75) is 13.3 Å². The van der Waals surface area contributed by atoms with Gasteiger partial charge in [-0.25, -0.2) is 8.78 Å². The number of hydrogen-bond acceptors (Lipinski definition) is 3. The van der Waals surface area contributed by atoms with Crippen molar-refractivity contribution >= 4 is 6.01 Å². The molecule has 0 saturated carbocycles. The minimum atomic E-state index is -0.563. The van der Waals surface area contributed by atoms with Gasteiger partial charge in [-0.1, -0.05) is 6.92 Å². The number of aryl methyl sites for hydroxylation is 1. The van der Waals surface area contributed by atoms with Crippen LogP contribution in [0.25, 0.3) is 11.3 Å². The number of halogens is 2. The highest BCUT2D eigenvalue weighted by Gasteiger charge is 2.16. The quantitative estimate of drug-likeness (QED) is 0.853. The molecule has 5 heteroatoms. The summed E-state index contributed by atoms with van der Waals surface area (Å²) in [6.45, 7) is 1.83. The lowest BCUT2D eigenvalue weighted by Crippen LogP contribution is -1.89. The lowest BCUT2D eigenvalue weighted by Gasteiger charge is -2.01. The monoisotopic (exact) mass is 224 g/mol. The SMILES string of the molecule is CCc1nc(N)oc1-c1cc(F)ccc1F. The fourth-order valence-corrected chi connectivity index (χ4v) is 1.49. The predicted octanol–water partition coefficient (Wildman–Crippen LogP) is 2.76. The van der Waals surface area contributed by atoms with Gasteiger partial charge in [0, 0.05) is 0 Å². The molecule has 3 nitrogen and oxygen atoms in total. The zero-order chi connectivity index (χ0) is 11.7. The number of rotatable bonds is 2. The van der Waals surface area contributed by atoms with Gasteiger partial charge in [-0.2, -0.15) is 4.98 Å². The molecule has 2 aromatic rings. The summed E-state index contributed by atoms with van der Waals surface area (Å²) in [5, 5.41) is 0. The maximum absolute atomic E-state index is 13.5. The van der Waals surface area contributed by atoms with Crippen molar-refractivity contribution in [2.75, 3.05) is 5.73 Å². The number of benzene rings is 1. The molecule has 16 heavy (non-hydrogen) atoms. The molecule has 84 valence electrons. The standard InChI is InChI=1S/C11H10F2N2O/c1-2-9-10(16-11(14)15-9)7-5-6(12)3-4-8(7)13/h3-5H,2H2,1H3,(H2,14,15). The van der Waals surface area contributed by atoms with E-state index in [-0.39, 0.29) is 17.3 Å². The van der Waals surface area contributed by atoms with Gasteiger partial charge < -0.3 is 10.2 Å². The Bertz CT molecular complexity index is 523. The molecule has 0 aliphatic heterocycles. The van der Waals surface area contributed by atoms with Gasteiger partial charge in [-0.3, -0.25) is 0 Å². The van der Waals surface area contributed by atoms with Crippen LogP contribution < -0.4 is 5.73 Å². The lowest BCUT2D eigenvalue weighted by atomic mass is 10.1. The van der Waals surface area contributed by atoms with E-state index in [1.807, 2.05) is 6.92 Å². The van der Waals surface area contributed by atoms with E-state index in [1.54, 1.807) is 0 Å². The van der Waals surface area contributed by atoms with E-state index in [0.29, 0.717) is 12.1 Å². The maximum atomic E-state index is 13.5. The van der Waals surface area contributed by atoms with Crippen molar-refractivity contribution in [1.29, 1.82) is 0 Å². The molecule has 0 aliphatic carbocycles. The number of anilines is 1. The molecule has 0 unspecified atom stereocenters. The summed E-state index contributed by atoms with van der Waals surface area (Å²) in [4.78, 5) is 3.90. The first-order valence-electron chi connectivity index (χ1n) is 4.82. The average Bonchev–Trinajstić information content (AvgIpc) is 2.63. The van der Waals surface area contributed by atoms with Crippen LogP contribution in [-0.4, -0.2) is 4.98 Å². The van der Waals surface area contributed by atoms with Gasteiger partial charge in [-0.15, -0.1) is 0 Å².